The van der Waals surface area contributed by atoms with Gasteiger partial charge in [-0.2, -0.15) is 0 Å². The molecule has 0 spiro atoms. The van der Waals surface area contributed by atoms with E-state index in [1.807, 2.05) is 17.0 Å². The number of aromatic nitrogens is 1. The molecule has 3 rings (SSSR count). The highest BCUT2D eigenvalue weighted by molar-refractivity contribution is 5.94. The van der Waals surface area contributed by atoms with Crippen molar-refractivity contribution in [2.24, 2.45) is 0 Å². The Hall–Kier alpha value is -2.56. The number of anilines is 2. The van der Waals surface area contributed by atoms with Crippen LogP contribution in [0.5, 0.6) is 0 Å². The van der Waals surface area contributed by atoms with E-state index in [0.717, 1.165) is 31.9 Å². The van der Waals surface area contributed by atoms with Crippen molar-refractivity contribution in [3.8, 4) is 0 Å². The molecule has 1 saturated heterocycles. The Labute approximate surface area is 130 Å². The summed E-state index contributed by atoms with van der Waals surface area (Å²) in [6, 6.07) is 9.50. The zero-order chi connectivity index (χ0) is 15.5. The number of hydrogen-bond donors (Lipinski definition) is 1. The highest BCUT2D eigenvalue weighted by Crippen LogP contribution is 2.23. The summed E-state index contributed by atoms with van der Waals surface area (Å²) in [4.78, 5) is 20.6. The molecule has 2 N–H and O–H groups in total. The molecule has 1 aromatic heterocycles. The Balaban J connectivity index is 1.66. The van der Waals surface area contributed by atoms with E-state index in [2.05, 4.69) is 22.9 Å². The molecule has 0 saturated carbocycles. The minimum Gasteiger partial charge on any atom is -0.399 e. The van der Waals surface area contributed by atoms with E-state index in [9.17, 15) is 4.79 Å². The van der Waals surface area contributed by atoms with Gasteiger partial charge in [-0.1, -0.05) is 0 Å². The third-order valence-electron chi connectivity index (χ3n) is 4.06. The Morgan fingerprint density at radius 2 is 1.77 bits per heavy atom. The van der Waals surface area contributed by atoms with Crippen molar-refractivity contribution >= 4 is 17.3 Å². The summed E-state index contributed by atoms with van der Waals surface area (Å²) in [5.41, 5.74) is 9.67. The summed E-state index contributed by atoms with van der Waals surface area (Å²) < 4.78 is 0. The highest BCUT2D eigenvalue weighted by Gasteiger charge is 2.22. The fourth-order valence-corrected chi connectivity index (χ4v) is 2.86. The number of rotatable bonds is 2. The SMILES string of the molecule is Cc1cc(N)ccc1N1CCN(C(=O)c2ccncc2)CC1. The quantitative estimate of drug-likeness (QED) is 0.860. The number of pyridine rings is 1. The average molecular weight is 296 g/mol. The lowest BCUT2D eigenvalue weighted by Crippen LogP contribution is -2.49. The number of nitrogens with zero attached hydrogens (tertiary/aromatic N) is 3. The van der Waals surface area contributed by atoms with Crippen LogP contribution in [-0.2, 0) is 0 Å². The standard InChI is InChI=1S/C17H20N4O/c1-13-12-15(18)2-3-16(13)20-8-10-21(11-9-20)17(22)14-4-6-19-7-5-14/h2-7,12H,8-11,18H2,1H3. The first-order chi connectivity index (χ1) is 10.6. The van der Waals surface area contributed by atoms with Crippen LogP contribution in [0.25, 0.3) is 0 Å². The van der Waals surface area contributed by atoms with Crippen molar-refractivity contribution in [3.63, 3.8) is 0 Å². The predicted octanol–water partition coefficient (Wildman–Crippen LogP) is 1.93. The third-order valence-corrected chi connectivity index (χ3v) is 4.06. The molecule has 1 aromatic carbocycles. The van der Waals surface area contributed by atoms with E-state index in [0.29, 0.717) is 5.56 Å². The summed E-state index contributed by atoms with van der Waals surface area (Å²) in [5.74, 6) is 0.0797. The maximum atomic E-state index is 12.4. The van der Waals surface area contributed by atoms with Crippen molar-refractivity contribution in [1.82, 2.24) is 9.88 Å². The molecule has 2 heterocycles. The lowest BCUT2D eigenvalue weighted by atomic mass is 10.1. The van der Waals surface area contributed by atoms with Gasteiger partial charge in [-0.15, -0.1) is 0 Å². The second kappa shape index (κ2) is 6.05. The van der Waals surface area contributed by atoms with Crippen LogP contribution in [0.3, 0.4) is 0 Å². The van der Waals surface area contributed by atoms with E-state index in [1.165, 1.54) is 11.3 Å². The van der Waals surface area contributed by atoms with E-state index < -0.39 is 0 Å². The second-order valence-corrected chi connectivity index (χ2v) is 5.56. The smallest absolute Gasteiger partial charge is 0.254 e. The van der Waals surface area contributed by atoms with Crippen LogP contribution in [0.4, 0.5) is 11.4 Å². The number of carbonyl (C=O) groups excluding carboxylic acids is 1. The number of piperazine rings is 1. The van der Waals surface area contributed by atoms with Crippen LogP contribution >= 0.6 is 0 Å². The number of amides is 1. The van der Waals surface area contributed by atoms with Crippen molar-refractivity contribution in [1.29, 1.82) is 0 Å². The molecule has 114 valence electrons. The van der Waals surface area contributed by atoms with Gasteiger partial charge in [0.2, 0.25) is 0 Å². The molecule has 1 aliphatic heterocycles. The van der Waals surface area contributed by atoms with Gasteiger partial charge in [-0.05, 0) is 42.8 Å². The molecule has 0 atom stereocenters. The Kier molecular flexibility index (Phi) is 3.96. The number of aryl methyl sites for hydroxylation is 1. The molecule has 1 fully saturated rings. The number of benzene rings is 1. The van der Waals surface area contributed by atoms with Crippen LogP contribution in [0.2, 0.25) is 0 Å². The summed E-state index contributed by atoms with van der Waals surface area (Å²) in [6.45, 7) is 5.19. The monoisotopic (exact) mass is 296 g/mol. The maximum Gasteiger partial charge on any atom is 0.254 e. The lowest BCUT2D eigenvalue weighted by Gasteiger charge is -2.37. The van der Waals surface area contributed by atoms with Gasteiger partial charge >= 0.3 is 0 Å². The van der Waals surface area contributed by atoms with Gasteiger partial charge in [-0.25, -0.2) is 0 Å². The van der Waals surface area contributed by atoms with Gasteiger partial charge in [0.25, 0.3) is 5.91 Å². The number of hydrogen-bond acceptors (Lipinski definition) is 4. The fraction of sp³-hybridized carbons (Fsp3) is 0.294. The molecule has 2 aromatic rings. The minimum absolute atomic E-state index is 0.0797. The van der Waals surface area contributed by atoms with Crippen LogP contribution < -0.4 is 10.6 Å². The Bertz CT molecular complexity index is 664. The number of nitrogen functional groups attached to an aromatic ring is 1. The molecular formula is C17H20N4O. The molecular weight excluding hydrogens is 276 g/mol. The largest absolute Gasteiger partial charge is 0.399 e. The van der Waals surface area contributed by atoms with Crippen molar-refractivity contribution in [3.05, 3.63) is 53.9 Å². The molecule has 0 aliphatic carbocycles. The first kappa shape index (κ1) is 14.4. The predicted molar refractivity (Wildman–Crippen MR) is 87.9 cm³/mol. The molecule has 5 heteroatoms. The van der Waals surface area contributed by atoms with Crippen LogP contribution in [-0.4, -0.2) is 42.0 Å². The highest BCUT2D eigenvalue weighted by atomic mass is 16.2. The van der Waals surface area contributed by atoms with Gasteiger partial charge in [0.15, 0.2) is 0 Å². The van der Waals surface area contributed by atoms with Crippen molar-refractivity contribution in [2.45, 2.75) is 6.92 Å². The van der Waals surface area contributed by atoms with E-state index in [4.69, 9.17) is 5.73 Å². The molecule has 5 nitrogen and oxygen atoms in total. The van der Waals surface area contributed by atoms with Gasteiger partial charge in [-0.3, -0.25) is 9.78 Å². The van der Waals surface area contributed by atoms with Crippen molar-refractivity contribution in [2.75, 3.05) is 36.8 Å². The fourth-order valence-electron chi connectivity index (χ4n) is 2.86. The van der Waals surface area contributed by atoms with Crippen LogP contribution in [0, 0.1) is 6.92 Å². The topological polar surface area (TPSA) is 62.5 Å². The maximum absolute atomic E-state index is 12.4. The zero-order valence-corrected chi connectivity index (χ0v) is 12.7. The van der Waals surface area contributed by atoms with E-state index in [-0.39, 0.29) is 5.91 Å². The van der Waals surface area contributed by atoms with E-state index >= 15 is 0 Å². The number of carbonyl (C=O) groups is 1. The first-order valence-corrected chi connectivity index (χ1v) is 7.45. The first-order valence-electron chi connectivity index (χ1n) is 7.45. The summed E-state index contributed by atoms with van der Waals surface area (Å²) in [7, 11) is 0. The Morgan fingerprint density at radius 3 is 2.41 bits per heavy atom. The molecule has 1 amide bonds. The summed E-state index contributed by atoms with van der Waals surface area (Å²) in [6.07, 6.45) is 3.31. The van der Waals surface area contributed by atoms with Gasteiger partial charge in [0.05, 0.1) is 0 Å². The summed E-state index contributed by atoms with van der Waals surface area (Å²) >= 11 is 0. The second-order valence-electron chi connectivity index (χ2n) is 5.56. The average Bonchev–Trinajstić information content (AvgIpc) is 2.55. The molecule has 0 unspecified atom stereocenters. The lowest BCUT2D eigenvalue weighted by molar-refractivity contribution is 0.0746. The van der Waals surface area contributed by atoms with E-state index in [1.54, 1.807) is 24.5 Å². The number of nitrogens with two attached hydrogens (primary N) is 1. The van der Waals surface area contributed by atoms with Crippen molar-refractivity contribution < 1.29 is 4.79 Å². The molecule has 1 aliphatic rings. The summed E-state index contributed by atoms with van der Waals surface area (Å²) in [5, 5.41) is 0. The molecule has 0 bridgehead atoms. The van der Waals surface area contributed by atoms with Gasteiger partial charge in [0.1, 0.15) is 0 Å². The zero-order valence-electron chi connectivity index (χ0n) is 12.7. The van der Waals surface area contributed by atoms with Crippen LogP contribution in [0.15, 0.2) is 42.7 Å². The van der Waals surface area contributed by atoms with Gasteiger partial charge in [0, 0.05) is 55.5 Å². The Morgan fingerprint density at radius 1 is 1.09 bits per heavy atom. The third kappa shape index (κ3) is 2.88. The van der Waals surface area contributed by atoms with Gasteiger partial charge < -0.3 is 15.5 Å². The normalized spacial score (nSPS) is 15.0. The molecule has 0 radical (unpaired) electrons. The minimum atomic E-state index is 0.0797. The molecule has 22 heavy (non-hydrogen) atoms. The van der Waals surface area contributed by atoms with Crippen LogP contribution in [0.1, 0.15) is 15.9 Å².